The van der Waals surface area contributed by atoms with Crippen LogP contribution in [0.4, 0.5) is 4.39 Å². The molecule has 0 aromatic heterocycles. The van der Waals surface area contributed by atoms with E-state index in [-0.39, 0.29) is 11.6 Å². The molecule has 1 aromatic rings. The first kappa shape index (κ1) is 17.2. The maximum Gasteiger partial charge on any atom is 0.324 e. The topological polar surface area (TPSA) is 121 Å². The van der Waals surface area contributed by atoms with E-state index in [1.54, 1.807) is 19.1 Å². The number of halogens is 1. The minimum atomic E-state index is -1.77. The van der Waals surface area contributed by atoms with Crippen LogP contribution in [-0.2, 0) is 9.59 Å². The fourth-order valence-electron chi connectivity index (χ4n) is 3.92. The Bertz CT molecular complexity index is 714. The molecule has 2 fully saturated rings. The van der Waals surface area contributed by atoms with Gasteiger partial charge in [-0.1, -0.05) is 0 Å². The predicted octanol–water partition coefficient (Wildman–Crippen LogP) is 0.946. The number of hydrogen-bond donors (Lipinski definition) is 4. The van der Waals surface area contributed by atoms with Crippen molar-refractivity contribution in [2.45, 2.75) is 23.5 Å². The molecule has 2 aliphatic rings. The zero-order valence-corrected chi connectivity index (χ0v) is 13.7. The van der Waals surface area contributed by atoms with Crippen LogP contribution in [0, 0.1) is 36.4 Å². The van der Waals surface area contributed by atoms with Crippen molar-refractivity contribution >= 4 is 23.7 Å². The SMILES string of the molecule is Cc1cc(SC[C@@H]2[C@@H](O)[C@H]3[C@H](C(=O)O)[C@H]3[C@]2(N)C(=O)O)ccc1F. The van der Waals surface area contributed by atoms with Crippen molar-refractivity contribution in [3.8, 4) is 0 Å². The Labute approximate surface area is 141 Å². The number of aryl methyl sites for hydroxylation is 1. The minimum absolute atomic E-state index is 0.217. The molecule has 6 atom stereocenters. The number of carboxylic acids is 2. The maximum atomic E-state index is 13.3. The van der Waals surface area contributed by atoms with Crippen molar-refractivity contribution in [3.05, 3.63) is 29.6 Å². The highest BCUT2D eigenvalue weighted by Gasteiger charge is 2.77. The molecule has 0 saturated heterocycles. The lowest BCUT2D eigenvalue weighted by atomic mass is 9.81. The Morgan fingerprint density at radius 1 is 1.38 bits per heavy atom. The predicted molar refractivity (Wildman–Crippen MR) is 84.0 cm³/mol. The number of aliphatic hydroxyl groups is 1. The van der Waals surface area contributed by atoms with Crippen molar-refractivity contribution < 1.29 is 29.3 Å². The number of carboxylic acid groups (broad SMARTS) is 2. The van der Waals surface area contributed by atoms with E-state index in [1.807, 2.05) is 0 Å². The van der Waals surface area contributed by atoms with Crippen LogP contribution in [0.1, 0.15) is 5.56 Å². The molecular weight excluding hydrogens is 337 g/mol. The molecule has 0 amide bonds. The fraction of sp³-hybridized carbons (Fsp3) is 0.500. The second-order valence-corrected chi connectivity index (χ2v) is 7.62. The lowest BCUT2D eigenvalue weighted by molar-refractivity contribution is -0.148. The number of aliphatic carboxylic acids is 2. The van der Waals surface area contributed by atoms with E-state index in [0.717, 1.165) is 4.90 Å². The molecule has 3 rings (SSSR count). The van der Waals surface area contributed by atoms with Crippen LogP contribution in [0.5, 0.6) is 0 Å². The summed E-state index contributed by atoms with van der Waals surface area (Å²) in [6.45, 7) is 1.63. The van der Waals surface area contributed by atoms with E-state index < -0.39 is 47.3 Å². The van der Waals surface area contributed by atoms with Gasteiger partial charge in [0.2, 0.25) is 0 Å². The van der Waals surface area contributed by atoms with Crippen LogP contribution in [0.2, 0.25) is 0 Å². The highest BCUT2D eigenvalue weighted by molar-refractivity contribution is 7.99. The average Bonchev–Trinajstić information content (AvgIpc) is 3.21. The summed E-state index contributed by atoms with van der Waals surface area (Å²) in [4.78, 5) is 23.6. The number of aliphatic hydroxyl groups excluding tert-OH is 1. The lowest BCUT2D eigenvalue weighted by Gasteiger charge is -2.32. The second kappa shape index (κ2) is 5.72. The molecule has 1 aromatic carbocycles. The molecule has 5 N–H and O–H groups in total. The Kier molecular flexibility index (Phi) is 4.09. The first-order valence-corrected chi connectivity index (χ1v) is 8.50. The van der Waals surface area contributed by atoms with Gasteiger partial charge in [0.15, 0.2) is 0 Å². The second-order valence-electron chi connectivity index (χ2n) is 6.52. The van der Waals surface area contributed by atoms with Crippen LogP contribution in [0.15, 0.2) is 23.1 Å². The van der Waals surface area contributed by atoms with Crippen LogP contribution >= 0.6 is 11.8 Å². The van der Waals surface area contributed by atoms with Gasteiger partial charge in [-0.2, -0.15) is 0 Å². The third-order valence-electron chi connectivity index (χ3n) is 5.26. The summed E-state index contributed by atoms with van der Waals surface area (Å²) in [5, 5.41) is 29.1. The van der Waals surface area contributed by atoms with Gasteiger partial charge < -0.3 is 21.1 Å². The van der Waals surface area contributed by atoms with Crippen molar-refractivity contribution in [2.24, 2.45) is 29.4 Å². The van der Waals surface area contributed by atoms with E-state index in [4.69, 9.17) is 10.8 Å². The number of fused-ring (bicyclic) bond motifs is 1. The van der Waals surface area contributed by atoms with Gasteiger partial charge in [0, 0.05) is 28.4 Å². The normalized spacial score (nSPS) is 37.1. The molecule has 2 aliphatic carbocycles. The summed E-state index contributed by atoms with van der Waals surface area (Å²) >= 11 is 1.28. The summed E-state index contributed by atoms with van der Waals surface area (Å²) in [6.07, 6.45) is -1.08. The molecule has 2 saturated carbocycles. The number of hydrogen-bond acceptors (Lipinski definition) is 5. The summed E-state index contributed by atoms with van der Waals surface area (Å²) in [7, 11) is 0. The van der Waals surface area contributed by atoms with Gasteiger partial charge >= 0.3 is 11.9 Å². The Morgan fingerprint density at radius 3 is 2.58 bits per heavy atom. The van der Waals surface area contributed by atoms with E-state index in [1.165, 1.54) is 17.8 Å². The molecule has 0 unspecified atom stereocenters. The van der Waals surface area contributed by atoms with Crippen molar-refractivity contribution in [2.75, 3.05) is 5.75 Å². The molecule has 0 spiro atoms. The monoisotopic (exact) mass is 355 g/mol. The summed E-state index contributed by atoms with van der Waals surface area (Å²) in [5.41, 5.74) is 4.77. The van der Waals surface area contributed by atoms with Gasteiger partial charge in [-0.25, -0.2) is 4.39 Å². The zero-order chi connectivity index (χ0) is 17.8. The Balaban J connectivity index is 1.79. The summed E-state index contributed by atoms with van der Waals surface area (Å²) in [5.74, 6) is -5.59. The average molecular weight is 355 g/mol. The molecule has 0 aliphatic heterocycles. The summed E-state index contributed by atoms with van der Waals surface area (Å²) < 4.78 is 13.3. The van der Waals surface area contributed by atoms with Gasteiger partial charge in [0.1, 0.15) is 11.4 Å². The Morgan fingerprint density at radius 2 is 2.04 bits per heavy atom. The third-order valence-corrected chi connectivity index (χ3v) is 6.37. The molecule has 0 bridgehead atoms. The number of nitrogens with two attached hydrogens (primary N) is 1. The number of thioether (sulfide) groups is 1. The molecule has 130 valence electrons. The van der Waals surface area contributed by atoms with Crippen molar-refractivity contribution in [3.63, 3.8) is 0 Å². The summed E-state index contributed by atoms with van der Waals surface area (Å²) in [6, 6.07) is 4.54. The highest BCUT2D eigenvalue weighted by Crippen LogP contribution is 2.64. The number of rotatable bonds is 5. The molecule has 24 heavy (non-hydrogen) atoms. The Hall–Kier alpha value is -1.64. The van der Waals surface area contributed by atoms with Crippen LogP contribution in [0.3, 0.4) is 0 Å². The van der Waals surface area contributed by atoms with Crippen molar-refractivity contribution in [1.82, 2.24) is 0 Å². The van der Waals surface area contributed by atoms with Gasteiger partial charge in [-0.05, 0) is 30.7 Å². The van der Waals surface area contributed by atoms with E-state index in [9.17, 15) is 24.2 Å². The fourth-order valence-corrected chi connectivity index (χ4v) is 5.19. The molecular formula is C16H18FNO5S. The first-order chi connectivity index (χ1) is 11.2. The quantitative estimate of drug-likeness (QED) is 0.580. The van der Waals surface area contributed by atoms with E-state index >= 15 is 0 Å². The molecule has 8 heteroatoms. The molecule has 6 nitrogen and oxygen atoms in total. The number of benzene rings is 1. The largest absolute Gasteiger partial charge is 0.481 e. The third kappa shape index (κ3) is 2.40. The first-order valence-electron chi connectivity index (χ1n) is 7.51. The van der Waals surface area contributed by atoms with Crippen LogP contribution in [0.25, 0.3) is 0 Å². The van der Waals surface area contributed by atoms with Crippen LogP contribution < -0.4 is 5.73 Å². The highest BCUT2D eigenvalue weighted by atomic mass is 32.2. The number of carbonyl (C=O) groups is 2. The molecule has 0 radical (unpaired) electrons. The van der Waals surface area contributed by atoms with Crippen molar-refractivity contribution in [1.29, 1.82) is 0 Å². The standard InChI is InChI=1S/C16H18FNO5S/c1-6-4-7(2-3-9(6)17)24-5-8-13(19)10-11(14(20)21)12(10)16(8,18)15(22)23/h2-4,8,10-13,19H,5,18H2,1H3,(H,20,21)(H,22,23)/t8-,10+,11+,12+,13-,16+/m1/s1. The lowest BCUT2D eigenvalue weighted by Crippen LogP contribution is -2.58. The smallest absolute Gasteiger partial charge is 0.324 e. The van der Waals surface area contributed by atoms with Gasteiger partial charge in [0.25, 0.3) is 0 Å². The minimum Gasteiger partial charge on any atom is -0.481 e. The van der Waals surface area contributed by atoms with Gasteiger partial charge in [-0.15, -0.1) is 11.8 Å². The van der Waals surface area contributed by atoms with Crippen LogP contribution in [-0.4, -0.2) is 44.7 Å². The molecule has 0 heterocycles. The van der Waals surface area contributed by atoms with Gasteiger partial charge in [0.05, 0.1) is 12.0 Å². The van der Waals surface area contributed by atoms with E-state index in [0.29, 0.717) is 5.56 Å². The zero-order valence-electron chi connectivity index (χ0n) is 12.8. The van der Waals surface area contributed by atoms with E-state index in [2.05, 4.69) is 0 Å². The van der Waals surface area contributed by atoms with Gasteiger partial charge in [-0.3, -0.25) is 9.59 Å². The maximum absolute atomic E-state index is 13.3.